The lowest BCUT2D eigenvalue weighted by atomic mass is 10.2. The number of amides is 2. The van der Waals surface area contributed by atoms with Crippen molar-refractivity contribution >= 4 is 11.7 Å². The number of hydrogen-bond acceptors (Lipinski definition) is 2. The summed E-state index contributed by atoms with van der Waals surface area (Å²) >= 11 is 0. The maximum absolute atomic E-state index is 12.0. The van der Waals surface area contributed by atoms with Crippen LogP contribution in [-0.2, 0) is 0 Å². The van der Waals surface area contributed by atoms with E-state index in [9.17, 15) is 4.79 Å². The molecule has 0 unspecified atom stereocenters. The molecule has 4 nitrogen and oxygen atoms in total. The molecule has 1 heterocycles. The number of urea groups is 1. The van der Waals surface area contributed by atoms with E-state index in [2.05, 4.69) is 48.3 Å². The Morgan fingerprint density at radius 1 is 1.10 bits per heavy atom. The number of piperazine rings is 1. The molecule has 0 aliphatic carbocycles. The summed E-state index contributed by atoms with van der Waals surface area (Å²) in [7, 11) is 0. The summed E-state index contributed by atoms with van der Waals surface area (Å²) in [6.07, 6.45) is 3.44. The maximum atomic E-state index is 12.0. The van der Waals surface area contributed by atoms with Crippen LogP contribution in [0.1, 0.15) is 31.7 Å². The van der Waals surface area contributed by atoms with Crippen LogP contribution in [0.25, 0.3) is 0 Å². The summed E-state index contributed by atoms with van der Waals surface area (Å²) in [6, 6.07) is 8.70. The molecule has 21 heavy (non-hydrogen) atoms. The molecule has 0 spiro atoms. The number of rotatable bonds is 5. The highest BCUT2D eigenvalue weighted by atomic mass is 16.2. The predicted octanol–water partition coefficient (Wildman–Crippen LogP) is 3.02. The molecule has 2 rings (SSSR count). The smallest absolute Gasteiger partial charge is 0.317 e. The van der Waals surface area contributed by atoms with E-state index in [-0.39, 0.29) is 6.03 Å². The Balaban J connectivity index is 1.75. The van der Waals surface area contributed by atoms with Gasteiger partial charge in [0.15, 0.2) is 0 Å². The molecule has 1 aromatic carbocycles. The normalized spacial score (nSPS) is 15.1. The first-order chi connectivity index (χ1) is 10.2. The fourth-order valence-electron chi connectivity index (χ4n) is 2.61. The van der Waals surface area contributed by atoms with Gasteiger partial charge in [-0.3, -0.25) is 0 Å². The number of carbonyl (C=O) groups excluding carboxylic acids is 1. The zero-order valence-corrected chi connectivity index (χ0v) is 13.3. The van der Waals surface area contributed by atoms with E-state index < -0.39 is 0 Å². The Hall–Kier alpha value is -1.71. The fourth-order valence-corrected chi connectivity index (χ4v) is 2.61. The SMILES string of the molecule is CCCCCNC(=O)N1CCN(c2ccc(C)cc2)CC1. The lowest BCUT2D eigenvalue weighted by Crippen LogP contribution is -2.52. The highest BCUT2D eigenvalue weighted by Crippen LogP contribution is 2.17. The van der Waals surface area contributed by atoms with Gasteiger partial charge in [-0.05, 0) is 25.5 Å². The van der Waals surface area contributed by atoms with Crippen LogP contribution in [0.5, 0.6) is 0 Å². The molecule has 4 heteroatoms. The summed E-state index contributed by atoms with van der Waals surface area (Å²) < 4.78 is 0. The van der Waals surface area contributed by atoms with Crippen LogP contribution in [-0.4, -0.2) is 43.7 Å². The second-order valence-corrected chi connectivity index (χ2v) is 5.75. The van der Waals surface area contributed by atoms with Crippen molar-refractivity contribution in [2.24, 2.45) is 0 Å². The molecule has 0 bridgehead atoms. The second-order valence-electron chi connectivity index (χ2n) is 5.75. The average Bonchev–Trinajstić information content (AvgIpc) is 2.52. The Morgan fingerprint density at radius 3 is 2.38 bits per heavy atom. The number of nitrogens with one attached hydrogen (secondary N) is 1. The number of unbranched alkanes of at least 4 members (excludes halogenated alkanes) is 2. The van der Waals surface area contributed by atoms with E-state index in [1.54, 1.807) is 0 Å². The second kappa shape index (κ2) is 7.91. The number of carbonyl (C=O) groups is 1. The van der Waals surface area contributed by atoms with Crippen LogP contribution in [0.4, 0.5) is 10.5 Å². The highest BCUT2D eigenvalue weighted by Gasteiger charge is 2.20. The summed E-state index contributed by atoms with van der Waals surface area (Å²) in [5.74, 6) is 0. The molecule has 116 valence electrons. The minimum Gasteiger partial charge on any atom is -0.368 e. The molecule has 0 saturated carbocycles. The quantitative estimate of drug-likeness (QED) is 0.846. The molecular weight excluding hydrogens is 262 g/mol. The van der Waals surface area contributed by atoms with E-state index >= 15 is 0 Å². The van der Waals surface area contributed by atoms with Crippen molar-refractivity contribution < 1.29 is 4.79 Å². The summed E-state index contributed by atoms with van der Waals surface area (Å²) in [5.41, 5.74) is 2.53. The van der Waals surface area contributed by atoms with Crippen molar-refractivity contribution in [2.75, 3.05) is 37.6 Å². The Labute approximate surface area is 128 Å². The number of anilines is 1. The van der Waals surface area contributed by atoms with Gasteiger partial charge in [-0.15, -0.1) is 0 Å². The van der Waals surface area contributed by atoms with Gasteiger partial charge in [0.05, 0.1) is 0 Å². The summed E-state index contributed by atoms with van der Waals surface area (Å²) in [6.45, 7) is 8.49. The summed E-state index contributed by atoms with van der Waals surface area (Å²) in [4.78, 5) is 16.3. The topological polar surface area (TPSA) is 35.6 Å². The number of nitrogens with zero attached hydrogens (tertiary/aromatic N) is 2. The Kier molecular flexibility index (Phi) is 5.90. The van der Waals surface area contributed by atoms with Gasteiger partial charge in [-0.2, -0.15) is 0 Å². The van der Waals surface area contributed by atoms with Gasteiger partial charge in [-0.25, -0.2) is 4.79 Å². The van der Waals surface area contributed by atoms with Gasteiger partial charge >= 0.3 is 6.03 Å². The van der Waals surface area contributed by atoms with Crippen LogP contribution in [0.3, 0.4) is 0 Å². The van der Waals surface area contributed by atoms with Gasteiger partial charge in [0, 0.05) is 38.4 Å². The van der Waals surface area contributed by atoms with Crippen molar-refractivity contribution in [2.45, 2.75) is 33.1 Å². The minimum atomic E-state index is 0.0923. The summed E-state index contributed by atoms with van der Waals surface area (Å²) in [5, 5.41) is 3.02. The first-order valence-corrected chi connectivity index (χ1v) is 8.05. The lowest BCUT2D eigenvalue weighted by Gasteiger charge is -2.36. The molecule has 0 radical (unpaired) electrons. The lowest BCUT2D eigenvalue weighted by molar-refractivity contribution is 0.194. The van der Waals surface area contributed by atoms with Crippen LogP contribution in [0.15, 0.2) is 24.3 Å². The van der Waals surface area contributed by atoms with Crippen molar-refractivity contribution in [3.8, 4) is 0 Å². The molecule has 1 aromatic rings. The van der Waals surface area contributed by atoms with E-state index in [0.717, 1.165) is 39.1 Å². The van der Waals surface area contributed by atoms with E-state index in [0.29, 0.717) is 0 Å². The molecule has 0 atom stereocenters. The van der Waals surface area contributed by atoms with Gasteiger partial charge in [0.25, 0.3) is 0 Å². The van der Waals surface area contributed by atoms with Crippen LogP contribution in [0.2, 0.25) is 0 Å². The van der Waals surface area contributed by atoms with Crippen LogP contribution in [0, 0.1) is 6.92 Å². The molecule has 1 aliphatic heterocycles. The number of aryl methyl sites for hydroxylation is 1. The third kappa shape index (κ3) is 4.66. The molecule has 1 saturated heterocycles. The van der Waals surface area contributed by atoms with E-state index in [1.165, 1.54) is 24.1 Å². The van der Waals surface area contributed by atoms with Gasteiger partial charge in [-0.1, -0.05) is 37.5 Å². The number of benzene rings is 1. The van der Waals surface area contributed by atoms with Crippen LogP contribution < -0.4 is 10.2 Å². The third-order valence-electron chi connectivity index (χ3n) is 4.02. The zero-order valence-electron chi connectivity index (χ0n) is 13.3. The molecule has 1 fully saturated rings. The number of hydrogen-bond donors (Lipinski definition) is 1. The van der Waals surface area contributed by atoms with E-state index in [1.807, 2.05) is 4.90 Å². The highest BCUT2D eigenvalue weighted by molar-refractivity contribution is 5.74. The average molecular weight is 289 g/mol. The van der Waals surface area contributed by atoms with Crippen molar-refractivity contribution in [3.05, 3.63) is 29.8 Å². The maximum Gasteiger partial charge on any atom is 0.317 e. The van der Waals surface area contributed by atoms with Crippen LogP contribution >= 0.6 is 0 Å². The minimum absolute atomic E-state index is 0.0923. The predicted molar refractivity (Wildman–Crippen MR) is 87.9 cm³/mol. The van der Waals surface area contributed by atoms with Gasteiger partial charge < -0.3 is 15.1 Å². The monoisotopic (exact) mass is 289 g/mol. The molecule has 1 aliphatic rings. The van der Waals surface area contributed by atoms with Crippen molar-refractivity contribution in [3.63, 3.8) is 0 Å². The Morgan fingerprint density at radius 2 is 1.76 bits per heavy atom. The molecular formula is C17H27N3O. The fraction of sp³-hybridized carbons (Fsp3) is 0.588. The standard InChI is InChI=1S/C17H27N3O/c1-3-4-5-10-18-17(21)20-13-11-19(12-14-20)16-8-6-15(2)7-9-16/h6-9H,3-5,10-14H2,1-2H3,(H,18,21). The largest absolute Gasteiger partial charge is 0.368 e. The van der Waals surface area contributed by atoms with Crippen molar-refractivity contribution in [1.82, 2.24) is 10.2 Å². The van der Waals surface area contributed by atoms with Crippen molar-refractivity contribution in [1.29, 1.82) is 0 Å². The van der Waals surface area contributed by atoms with E-state index in [4.69, 9.17) is 0 Å². The molecule has 2 amide bonds. The molecule has 0 aromatic heterocycles. The third-order valence-corrected chi connectivity index (χ3v) is 4.02. The van der Waals surface area contributed by atoms with Gasteiger partial charge in [0.2, 0.25) is 0 Å². The Bertz CT molecular complexity index is 436. The van der Waals surface area contributed by atoms with Gasteiger partial charge in [0.1, 0.15) is 0 Å². The zero-order chi connectivity index (χ0) is 15.1. The first kappa shape index (κ1) is 15.7. The first-order valence-electron chi connectivity index (χ1n) is 8.05. The molecule has 1 N–H and O–H groups in total.